The lowest BCUT2D eigenvalue weighted by atomic mass is 10.1. The van der Waals surface area contributed by atoms with E-state index in [0.29, 0.717) is 23.8 Å². The number of quaternary nitrogens is 1. The van der Waals surface area contributed by atoms with Gasteiger partial charge in [0.25, 0.3) is 5.91 Å². The first-order valence-electron chi connectivity index (χ1n) is 8.17. The zero-order valence-electron chi connectivity index (χ0n) is 14.4. The maximum atomic E-state index is 12.8. The van der Waals surface area contributed by atoms with Crippen LogP contribution in [-0.4, -0.2) is 24.9 Å². The highest BCUT2D eigenvalue weighted by Crippen LogP contribution is 2.21. The van der Waals surface area contributed by atoms with Crippen molar-refractivity contribution in [1.82, 2.24) is 5.32 Å². The largest absolute Gasteiger partial charge is 0.351 e. The minimum Gasteiger partial charge on any atom is -0.351 e. The molecule has 2 aromatic rings. The Morgan fingerprint density at radius 1 is 1.16 bits per heavy atom. The van der Waals surface area contributed by atoms with Crippen LogP contribution in [0.2, 0.25) is 5.02 Å². The predicted molar refractivity (Wildman–Crippen MR) is 99.5 cm³/mol. The molecule has 4 N–H and O–H groups in total. The van der Waals surface area contributed by atoms with Crippen LogP contribution >= 0.6 is 11.6 Å². The molecule has 6 heteroatoms. The standard InChI is InChI=1S/C19H22ClN3O2/c1-13-8-9-16(12-17(13)20)23-19(25)18(15-6-4-3-5-7-15)22-11-10-21-14(2)24/h3-9,12,18,22H,10-11H2,1-2H3,(H,21,24)(H,23,25)/p+1/t18-/m1/s1. The van der Waals surface area contributed by atoms with Crippen molar-refractivity contribution in [2.75, 3.05) is 18.4 Å². The van der Waals surface area contributed by atoms with Gasteiger partial charge in [-0.2, -0.15) is 0 Å². The van der Waals surface area contributed by atoms with Crippen molar-refractivity contribution in [3.8, 4) is 0 Å². The summed E-state index contributed by atoms with van der Waals surface area (Å²) in [4.78, 5) is 23.7. The third-order valence-electron chi connectivity index (χ3n) is 3.80. The molecule has 0 saturated carbocycles. The lowest BCUT2D eigenvalue weighted by Crippen LogP contribution is -2.88. The fraction of sp³-hybridized carbons (Fsp3) is 0.263. The number of nitrogens with one attached hydrogen (secondary N) is 2. The molecule has 2 aromatic carbocycles. The van der Waals surface area contributed by atoms with E-state index >= 15 is 0 Å². The summed E-state index contributed by atoms with van der Waals surface area (Å²) < 4.78 is 0. The van der Waals surface area contributed by atoms with Gasteiger partial charge in [0.05, 0.1) is 13.1 Å². The van der Waals surface area contributed by atoms with E-state index in [1.165, 1.54) is 6.92 Å². The number of rotatable bonds is 7. The van der Waals surface area contributed by atoms with Crippen LogP contribution in [0.25, 0.3) is 0 Å². The number of aryl methyl sites for hydroxylation is 1. The zero-order valence-corrected chi connectivity index (χ0v) is 15.1. The summed E-state index contributed by atoms with van der Waals surface area (Å²) in [5, 5.41) is 8.18. The predicted octanol–water partition coefficient (Wildman–Crippen LogP) is 2.03. The Morgan fingerprint density at radius 3 is 2.52 bits per heavy atom. The number of amides is 2. The highest BCUT2D eigenvalue weighted by molar-refractivity contribution is 6.31. The molecule has 2 amide bonds. The van der Waals surface area contributed by atoms with Crippen molar-refractivity contribution in [1.29, 1.82) is 0 Å². The van der Waals surface area contributed by atoms with Gasteiger partial charge in [0.1, 0.15) is 0 Å². The van der Waals surface area contributed by atoms with Crippen LogP contribution in [0.5, 0.6) is 0 Å². The van der Waals surface area contributed by atoms with Crippen LogP contribution in [0.15, 0.2) is 48.5 Å². The first-order valence-corrected chi connectivity index (χ1v) is 8.55. The van der Waals surface area contributed by atoms with Crippen molar-refractivity contribution in [3.05, 3.63) is 64.7 Å². The van der Waals surface area contributed by atoms with Gasteiger partial charge in [-0.25, -0.2) is 0 Å². The van der Waals surface area contributed by atoms with Gasteiger partial charge < -0.3 is 16.0 Å². The number of carbonyl (C=O) groups is 2. The Kier molecular flexibility index (Phi) is 6.98. The van der Waals surface area contributed by atoms with Gasteiger partial charge in [0, 0.05) is 23.2 Å². The first kappa shape index (κ1) is 19.0. The lowest BCUT2D eigenvalue weighted by molar-refractivity contribution is -0.680. The Balaban J connectivity index is 2.09. The number of hydrogen-bond donors (Lipinski definition) is 3. The Bertz CT molecular complexity index is 735. The number of benzene rings is 2. The summed E-state index contributed by atoms with van der Waals surface area (Å²) in [6.45, 7) is 4.49. The average Bonchev–Trinajstić information content (AvgIpc) is 2.58. The van der Waals surface area contributed by atoms with E-state index in [2.05, 4.69) is 10.6 Å². The molecule has 0 spiro atoms. The van der Waals surface area contributed by atoms with E-state index < -0.39 is 6.04 Å². The lowest BCUT2D eigenvalue weighted by Gasteiger charge is -2.16. The van der Waals surface area contributed by atoms with E-state index in [-0.39, 0.29) is 11.8 Å². The van der Waals surface area contributed by atoms with Gasteiger partial charge in [-0.15, -0.1) is 0 Å². The third kappa shape index (κ3) is 5.89. The molecular weight excluding hydrogens is 338 g/mol. The molecule has 0 unspecified atom stereocenters. The fourth-order valence-corrected chi connectivity index (χ4v) is 2.62. The first-order chi connectivity index (χ1) is 12.0. The number of anilines is 1. The molecule has 0 aliphatic rings. The van der Waals surface area contributed by atoms with Crippen LogP contribution in [0.4, 0.5) is 5.69 Å². The molecule has 0 bridgehead atoms. The second-order valence-corrected chi connectivity index (χ2v) is 6.26. The highest BCUT2D eigenvalue weighted by Gasteiger charge is 2.24. The number of hydrogen-bond acceptors (Lipinski definition) is 2. The van der Waals surface area contributed by atoms with Gasteiger partial charge in [-0.1, -0.05) is 48.0 Å². The minimum atomic E-state index is -0.407. The summed E-state index contributed by atoms with van der Waals surface area (Å²) >= 11 is 6.13. The molecule has 5 nitrogen and oxygen atoms in total. The molecule has 0 aliphatic heterocycles. The minimum absolute atomic E-state index is 0.0802. The third-order valence-corrected chi connectivity index (χ3v) is 4.21. The monoisotopic (exact) mass is 360 g/mol. The zero-order chi connectivity index (χ0) is 18.2. The topological polar surface area (TPSA) is 74.8 Å². The van der Waals surface area contributed by atoms with E-state index in [9.17, 15) is 9.59 Å². The molecular formula is C19H23ClN3O2+. The molecule has 2 rings (SSSR count). The van der Waals surface area contributed by atoms with Crippen molar-refractivity contribution >= 4 is 29.1 Å². The van der Waals surface area contributed by atoms with E-state index in [0.717, 1.165) is 11.1 Å². The normalized spacial score (nSPS) is 11.6. The quantitative estimate of drug-likeness (QED) is 0.661. The Morgan fingerprint density at radius 2 is 1.88 bits per heavy atom. The molecule has 0 heterocycles. The van der Waals surface area contributed by atoms with Crippen molar-refractivity contribution < 1.29 is 14.9 Å². The Hall–Kier alpha value is -2.37. The van der Waals surface area contributed by atoms with E-state index in [4.69, 9.17) is 11.6 Å². The maximum absolute atomic E-state index is 12.8. The van der Waals surface area contributed by atoms with Gasteiger partial charge in [0.2, 0.25) is 5.91 Å². The second kappa shape index (κ2) is 9.20. The smallest absolute Gasteiger partial charge is 0.287 e. The van der Waals surface area contributed by atoms with Crippen LogP contribution in [0, 0.1) is 6.92 Å². The molecule has 1 atom stereocenters. The summed E-state index contributed by atoms with van der Waals surface area (Å²) in [5.41, 5.74) is 2.53. The highest BCUT2D eigenvalue weighted by atomic mass is 35.5. The second-order valence-electron chi connectivity index (χ2n) is 5.85. The molecule has 25 heavy (non-hydrogen) atoms. The Labute approximate surface area is 152 Å². The molecule has 0 aromatic heterocycles. The number of nitrogens with two attached hydrogens (primary N) is 1. The number of halogens is 1. The SMILES string of the molecule is CC(=O)NCC[NH2+][C@@H](C(=O)Nc1ccc(C)c(Cl)c1)c1ccccc1. The van der Waals surface area contributed by atoms with Gasteiger partial charge in [0.15, 0.2) is 6.04 Å². The van der Waals surface area contributed by atoms with Crippen LogP contribution in [-0.2, 0) is 9.59 Å². The molecule has 0 radical (unpaired) electrons. The van der Waals surface area contributed by atoms with Gasteiger partial charge in [-0.05, 0) is 24.6 Å². The molecule has 0 aliphatic carbocycles. The molecule has 0 saturated heterocycles. The van der Waals surface area contributed by atoms with E-state index in [1.807, 2.05) is 54.7 Å². The summed E-state index contributed by atoms with van der Waals surface area (Å²) in [6, 6.07) is 14.6. The van der Waals surface area contributed by atoms with Crippen LogP contribution < -0.4 is 16.0 Å². The molecule has 132 valence electrons. The summed E-state index contributed by atoms with van der Waals surface area (Å²) in [5.74, 6) is -0.211. The summed E-state index contributed by atoms with van der Waals surface area (Å²) in [6.07, 6.45) is 0. The fourth-order valence-electron chi connectivity index (χ4n) is 2.44. The average molecular weight is 361 g/mol. The van der Waals surface area contributed by atoms with Crippen molar-refractivity contribution in [2.45, 2.75) is 19.9 Å². The van der Waals surface area contributed by atoms with E-state index in [1.54, 1.807) is 6.07 Å². The van der Waals surface area contributed by atoms with Crippen molar-refractivity contribution in [3.63, 3.8) is 0 Å². The van der Waals surface area contributed by atoms with Crippen molar-refractivity contribution in [2.24, 2.45) is 0 Å². The van der Waals surface area contributed by atoms with Crippen LogP contribution in [0.3, 0.4) is 0 Å². The number of carbonyl (C=O) groups excluding carboxylic acids is 2. The molecule has 0 fully saturated rings. The maximum Gasteiger partial charge on any atom is 0.287 e. The summed E-state index contributed by atoms with van der Waals surface area (Å²) in [7, 11) is 0. The van der Waals surface area contributed by atoms with Gasteiger partial charge in [-0.3, -0.25) is 9.59 Å². The van der Waals surface area contributed by atoms with Crippen LogP contribution in [0.1, 0.15) is 24.1 Å². The van der Waals surface area contributed by atoms with Gasteiger partial charge >= 0.3 is 0 Å².